The van der Waals surface area contributed by atoms with Crippen LogP contribution in [-0.2, 0) is 27.6 Å². The summed E-state index contributed by atoms with van der Waals surface area (Å²) in [5, 5.41) is 26.6. The first-order valence-electron chi connectivity index (χ1n) is 10.1. The number of fused-ring (bicyclic) bond motifs is 1. The van der Waals surface area contributed by atoms with Crippen LogP contribution in [0.5, 0.6) is 0 Å². The van der Waals surface area contributed by atoms with Crippen molar-refractivity contribution < 1.29 is 32.7 Å². The Balaban J connectivity index is 1.46. The third-order valence-corrected chi connectivity index (χ3v) is 7.90. The second-order valence-corrected chi connectivity index (χ2v) is 9.86. The van der Waals surface area contributed by atoms with E-state index in [1.807, 2.05) is 0 Å². The first-order chi connectivity index (χ1) is 16.4. The Morgan fingerprint density at radius 3 is 2.69 bits per heavy atom. The standard InChI is InChI=1S/C18H19F3N8O4S2/c1-7-4-10(18(19,20)21)24-29(7)8(2)13(30)22-11-14(31)28-12(16(32)33)9(5-34-15(11)28)6-35-17-23-25-26-27(17)3/h4,8,11,15H,5-6H2,1-3H3,(H,22,30)(H,32,33)/t8-,11+,15+/m0/s1. The summed E-state index contributed by atoms with van der Waals surface area (Å²) in [6.45, 7) is 2.75. The van der Waals surface area contributed by atoms with Crippen LogP contribution in [0.2, 0.25) is 0 Å². The molecule has 0 aromatic carbocycles. The van der Waals surface area contributed by atoms with Gasteiger partial charge in [-0.1, -0.05) is 11.8 Å². The lowest BCUT2D eigenvalue weighted by atomic mass is 10.0. The predicted molar refractivity (Wildman–Crippen MR) is 116 cm³/mol. The van der Waals surface area contributed by atoms with Gasteiger partial charge in [0, 0.05) is 24.2 Å². The Morgan fingerprint density at radius 2 is 2.11 bits per heavy atom. The number of β-lactam (4-membered cyclic amide) rings is 1. The number of alkyl halides is 3. The number of halogens is 3. The molecule has 3 atom stereocenters. The van der Waals surface area contributed by atoms with Gasteiger partial charge in [0.05, 0.1) is 0 Å². The maximum absolute atomic E-state index is 13.0. The van der Waals surface area contributed by atoms with E-state index in [1.165, 1.54) is 42.1 Å². The van der Waals surface area contributed by atoms with Gasteiger partial charge in [-0.3, -0.25) is 19.2 Å². The van der Waals surface area contributed by atoms with Crippen molar-refractivity contribution in [3.05, 3.63) is 28.7 Å². The largest absolute Gasteiger partial charge is 0.477 e. The van der Waals surface area contributed by atoms with Crippen LogP contribution in [0.25, 0.3) is 0 Å². The molecular weight excluding hydrogens is 513 g/mol. The lowest BCUT2D eigenvalue weighted by Gasteiger charge is -2.49. The van der Waals surface area contributed by atoms with Crippen molar-refractivity contribution >= 4 is 41.3 Å². The van der Waals surface area contributed by atoms with Crippen molar-refractivity contribution in [2.45, 2.75) is 42.6 Å². The van der Waals surface area contributed by atoms with E-state index in [1.54, 1.807) is 7.05 Å². The lowest BCUT2D eigenvalue weighted by Crippen LogP contribution is -2.71. The van der Waals surface area contributed by atoms with Crippen LogP contribution in [0.4, 0.5) is 13.2 Å². The molecule has 4 rings (SSSR count). The normalized spacial score (nSPS) is 21.0. The second kappa shape index (κ2) is 9.18. The quantitative estimate of drug-likeness (QED) is 0.388. The van der Waals surface area contributed by atoms with Crippen molar-refractivity contribution in [1.29, 1.82) is 0 Å². The molecule has 12 nitrogen and oxygen atoms in total. The summed E-state index contributed by atoms with van der Waals surface area (Å²) in [7, 11) is 1.64. The highest BCUT2D eigenvalue weighted by atomic mass is 32.2. The summed E-state index contributed by atoms with van der Waals surface area (Å²) in [4.78, 5) is 38.7. The van der Waals surface area contributed by atoms with Gasteiger partial charge in [0.15, 0.2) is 5.69 Å². The summed E-state index contributed by atoms with van der Waals surface area (Å²) in [5.41, 5.74) is -0.644. The molecule has 2 aromatic rings. The third-order valence-electron chi connectivity index (χ3n) is 5.46. The minimum Gasteiger partial charge on any atom is -0.477 e. The number of tetrazole rings is 1. The number of carbonyl (C=O) groups excluding carboxylic acids is 2. The SMILES string of the molecule is Cc1cc(C(F)(F)F)nn1[C@@H](C)C(=O)N[C@@H]1C(=O)N2C(C(=O)O)=C(CSc3nnnn3C)CS[C@H]12. The topological polar surface area (TPSA) is 148 Å². The fourth-order valence-electron chi connectivity index (χ4n) is 3.69. The van der Waals surface area contributed by atoms with E-state index >= 15 is 0 Å². The summed E-state index contributed by atoms with van der Waals surface area (Å²) in [5.74, 6) is -2.06. The molecule has 17 heteroatoms. The molecule has 0 spiro atoms. The van der Waals surface area contributed by atoms with Gasteiger partial charge >= 0.3 is 12.1 Å². The number of aromatic nitrogens is 6. The number of carbonyl (C=O) groups is 3. The number of carboxylic acids is 1. The van der Waals surface area contributed by atoms with Gasteiger partial charge in [-0.15, -0.1) is 16.9 Å². The van der Waals surface area contributed by atoms with E-state index in [0.717, 1.165) is 15.6 Å². The highest BCUT2D eigenvalue weighted by Crippen LogP contribution is 2.41. The van der Waals surface area contributed by atoms with E-state index in [9.17, 15) is 32.7 Å². The van der Waals surface area contributed by atoms with E-state index in [2.05, 4.69) is 25.9 Å². The molecule has 0 unspecified atom stereocenters. The number of nitrogens with zero attached hydrogens (tertiary/aromatic N) is 7. The summed E-state index contributed by atoms with van der Waals surface area (Å²) < 4.78 is 41.2. The lowest BCUT2D eigenvalue weighted by molar-refractivity contribution is -0.151. The zero-order chi connectivity index (χ0) is 25.7. The molecule has 2 amide bonds. The number of carboxylic acid groups (broad SMARTS) is 1. The van der Waals surface area contributed by atoms with Crippen molar-refractivity contribution in [3.8, 4) is 0 Å². The number of hydrogen-bond donors (Lipinski definition) is 2. The summed E-state index contributed by atoms with van der Waals surface area (Å²) in [6, 6.07) is -1.31. The van der Waals surface area contributed by atoms with Crippen LogP contribution in [0.1, 0.15) is 24.4 Å². The van der Waals surface area contributed by atoms with Crippen LogP contribution in [0.15, 0.2) is 22.5 Å². The van der Waals surface area contributed by atoms with Gasteiger partial charge in [0.2, 0.25) is 11.1 Å². The molecule has 4 heterocycles. The maximum Gasteiger partial charge on any atom is 0.435 e. The van der Waals surface area contributed by atoms with Gasteiger partial charge in [-0.2, -0.15) is 18.3 Å². The number of aliphatic carboxylic acids is 1. The average Bonchev–Trinajstić information content (AvgIpc) is 3.39. The highest BCUT2D eigenvalue weighted by molar-refractivity contribution is 8.01. The summed E-state index contributed by atoms with van der Waals surface area (Å²) >= 11 is 2.50. The van der Waals surface area contributed by atoms with Crippen LogP contribution < -0.4 is 5.32 Å². The van der Waals surface area contributed by atoms with E-state index in [0.29, 0.717) is 16.5 Å². The second-order valence-electron chi connectivity index (χ2n) is 7.82. The van der Waals surface area contributed by atoms with Crippen LogP contribution >= 0.6 is 23.5 Å². The van der Waals surface area contributed by atoms with Gasteiger partial charge < -0.3 is 10.4 Å². The number of nitrogens with one attached hydrogen (secondary N) is 1. The highest BCUT2D eigenvalue weighted by Gasteiger charge is 2.54. The predicted octanol–water partition coefficient (Wildman–Crippen LogP) is 0.826. The van der Waals surface area contributed by atoms with Gasteiger partial charge in [0.1, 0.15) is 23.2 Å². The monoisotopic (exact) mass is 532 g/mol. The molecule has 2 N–H and O–H groups in total. The number of hydrogen-bond acceptors (Lipinski definition) is 9. The zero-order valence-corrected chi connectivity index (χ0v) is 20.1. The first-order valence-corrected chi connectivity index (χ1v) is 12.1. The molecule has 0 radical (unpaired) electrons. The average molecular weight is 533 g/mol. The Bertz CT molecular complexity index is 1230. The number of amides is 2. The molecule has 0 aliphatic carbocycles. The summed E-state index contributed by atoms with van der Waals surface area (Å²) in [6.07, 6.45) is -4.66. The molecule has 2 aliphatic heterocycles. The molecule has 1 fully saturated rings. The van der Waals surface area contributed by atoms with Gasteiger partial charge in [0.25, 0.3) is 5.91 Å². The van der Waals surface area contributed by atoms with E-state index < -0.39 is 47.1 Å². The van der Waals surface area contributed by atoms with Crippen molar-refractivity contribution in [1.82, 2.24) is 40.2 Å². The maximum atomic E-state index is 13.0. The molecular formula is C18H19F3N8O4S2. The van der Waals surface area contributed by atoms with Crippen molar-refractivity contribution in [2.24, 2.45) is 7.05 Å². The van der Waals surface area contributed by atoms with E-state index in [-0.39, 0.29) is 17.1 Å². The first kappa shape index (κ1) is 25.0. The molecule has 1 saturated heterocycles. The molecule has 2 aromatic heterocycles. The van der Waals surface area contributed by atoms with Crippen LogP contribution in [0.3, 0.4) is 0 Å². The Kier molecular flexibility index (Phi) is 6.56. The number of aryl methyl sites for hydroxylation is 2. The smallest absolute Gasteiger partial charge is 0.435 e. The molecule has 35 heavy (non-hydrogen) atoms. The Hall–Kier alpha value is -3.08. The minimum absolute atomic E-state index is 0.130. The van der Waals surface area contributed by atoms with Crippen LogP contribution in [-0.4, -0.2) is 80.7 Å². The Morgan fingerprint density at radius 1 is 1.40 bits per heavy atom. The van der Waals surface area contributed by atoms with Crippen molar-refractivity contribution in [2.75, 3.05) is 11.5 Å². The fourth-order valence-corrected chi connectivity index (χ4v) is 6.03. The molecule has 0 saturated carbocycles. The van der Waals surface area contributed by atoms with Crippen LogP contribution in [0, 0.1) is 6.92 Å². The number of thioether (sulfide) groups is 2. The fraction of sp³-hybridized carbons (Fsp3) is 0.500. The molecule has 188 valence electrons. The molecule has 2 aliphatic rings. The van der Waals surface area contributed by atoms with Gasteiger partial charge in [-0.05, 0) is 35.9 Å². The third kappa shape index (κ3) is 4.61. The zero-order valence-electron chi connectivity index (χ0n) is 18.5. The molecule has 0 bridgehead atoms. The van der Waals surface area contributed by atoms with Crippen molar-refractivity contribution in [3.63, 3.8) is 0 Å². The van der Waals surface area contributed by atoms with Gasteiger partial charge in [-0.25, -0.2) is 9.48 Å². The van der Waals surface area contributed by atoms with E-state index in [4.69, 9.17) is 0 Å². The Labute approximate surface area is 204 Å². The number of rotatable bonds is 7. The minimum atomic E-state index is -4.66.